The number of hydrogen-bond donors (Lipinski definition) is 0. The average molecular weight is 376 g/mol. The Labute approximate surface area is 172 Å². The van der Waals surface area contributed by atoms with Crippen LogP contribution in [0.3, 0.4) is 0 Å². The first kappa shape index (κ1) is 18.9. The first-order valence-electron chi connectivity index (χ1n) is 9.94. The number of rotatable bonds is 4. The Balaban J connectivity index is 2.08. The summed E-state index contributed by atoms with van der Waals surface area (Å²) in [6.07, 6.45) is 0. The van der Waals surface area contributed by atoms with E-state index in [1.807, 2.05) is 66.7 Å². The lowest BCUT2D eigenvalue weighted by atomic mass is 9.80. The van der Waals surface area contributed by atoms with Gasteiger partial charge in [0.15, 0.2) is 5.78 Å². The first-order valence-corrected chi connectivity index (χ1v) is 9.94. The maximum Gasteiger partial charge on any atom is 0.193 e. The van der Waals surface area contributed by atoms with E-state index in [1.165, 1.54) is 5.56 Å². The zero-order valence-electron chi connectivity index (χ0n) is 17.1. The molecule has 4 rings (SSSR count). The predicted molar refractivity (Wildman–Crippen MR) is 121 cm³/mol. The third-order valence-corrected chi connectivity index (χ3v) is 5.70. The number of carbonyl (C=O) groups is 1. The molecule has 0 fully saturated rings. The summed E-state index contributed by atoms with van der Waals surface area (Å²) < 4.78 is 0. The molecule has 0 aliphatic heterocycles. The lowest BCUT2D eigenvalue weighted by Crippen LogP contribution is -2.10. The minimum Gasteiger partial charge on any atom is -0.289 e. The third kappa shape index (κ3) is 3.40. The molecule has 1 heteroatoms. The van der Waals surface area contributed by atoms with Gasteiger partial charge in [0.05, 0.1) is 0 Å². The second-order valence-corrected chi connectivity index (χ2v) is 7.43. The summed E-state index contributed by atoms with van der Waals surface area (Å²) >= 11 is 0. The van der Waals surface area contributed by atoms with Gasteiger partial charge in [-0.15, -0.1) is 0 Å². The summed E-state index contributed by atoms with van der Waals surface area (Å²) in [5.41, 5.74) is 9.34. The van der Waals surface area contributed by atoms with Crippen LogP contribution in [0.1, 0.15) is 32.6 Å². The SMILES string of the molecule is Cc1c(C)c(-c2ccccc2)c(C(=O)c2ccccc2)c(C)c1-c1ccccc1. The van der Waals surface area contributed by atoms with Crippen LogP contribution in [0.2, 0.25) is 0 Å². The summed E-state index contributed by atoms with van der Waals surface area (Å²) in [7, 11) is 0. The van der Waals surface area contributed by atoms with Crippen LogP contribution in [0.5, 0.6) is 0 Å². The van der Waals surface area contributed by atoms with E-state index in [0.717, 1.165) is 44.5 Å². The molecular formula is C28H24O. The van der Waals surface area contributed by atoms with E-state index in [9.17, 15) is 4.79 Å². The minimum atomic E-state index is 0.0715. The number of carbonyl (C=O) groups excluding carboxylic acids is 1. The largest absolute Gasteiger partial charge is 0.289 e. The van der Waals surface area contributed by atoms with E-state index >= 15 is 0 Å². The molecule has 0 N–H and O–H groups in total. The highest BCUT2D eigenvalue weighted by Crippen LogP contribution is 2.40. The Bertz CT molecular complexity index is 1160. The van der Waals surface area contributed by atoms with Crippen LogP contribution in [0.25, 0.3) is 22.3 Å². The van der Waals surface area contributed by atoms with Crippen LogP contribution in [0.4, 0.5) is 0 Å². The molecule has 0 unspecified atom stereocenters. The van der Waals surface area contributed by atoms with E-state index in [-0.39, 0.29) is 5.78 Å². The maximum atomic E-state index is 13.7. The Kier molecular flexibility index (Phi) is 5.14. The minimum absolute atomic E-state index is 0.0715. The molecule has 0 heterocycles. The average Bonchev–Trinajstić information content (AvgIpc) is 2.77. The molecule has 0 aliphatic rings. The standard InChI is InChI=1S/C28H24O/c1-19-20(2)26(23-15-9-5-10-16-23)27(28(29)24-17-11-6-12-18-24)21(3)25(19)22-13-7-4-8-14-22/h4-18H,1-3H3. The molecule has 4 aromatic rings. The molecule has 1 nitrogen and oxygen atoms in total. The fourth-order valence-electron chi connectivity index (χ4n) is 4.18. The summed E-state index contributed by atoms with van der Waals surface area (Å²) in [5.74, 6) is 0.0715. The van der Waals surface area contributed by atoms with Crippen LogP contribution >= 0.6 is 0 Å². The Morgan fingerprint density at radius 3 is 1.45 bits per heavy atom. The van der Waals surface area contributed by atoms with Gasteiger partial charge in [-0.05, 0) is 59.7 Å². The Morgan fingerprint density at radius 2 is 0.931 bits per heavy atom. The summed E-state index contributed by atoms with van der Waals surface area (Å²) in [5, 5.41) is 0. The molecule has 0 saturated heterocycles. The van der Waals surface area contributed by atoms with Crippen molar-refractivity contribution in [1.29, 1.82) is 0 Å². The van der Waals surface area contributed by atoms with Crippen molar-refractivity contribution in [1.82, 2.24) is 0 Å². The van der Waals surface area contributed by atoms with E-state index in [1.54, 1.807) is 0 Å². The molecular weight excluding hydrogens is 352 g/mol. The van der Waals surface area contributed by atoms with Crippen molar-refractivity contribution >= 4 is 5.78 Å². The number of benzene rings is 4. The molecule has 142 valence electrons. The highest BCUT2D eigenvalue weighted by molar-refractivity contribution is 6.15. The monoisotopic (exact) mass is 376 g/mol. The molecule has 4 aromatic carbocycles. The zero-order chi connectivity index (χ0) is 20.4. The molecule has 0 aromatic heterocycles. The van der Waals surface area contributed by atoms with E-state index in [2.05, 4.69) is 45.0 Å². The van der Waals surface area contributed by atoms with Crippen molar-refractivity contribution in [3.63, 3.8) is 0 Å². The topological polar surface area (TPSA) is 17.1 Å². The van der Waals surface area contributed by atoms with Crippen LogP contribution in [0, 0.1) is 20.8 Å². The number of ketones is 1. The predicted octanol–water partition coefficient (Wildman–Crippen LogP) is 7.18. The molecule has 0 atom stereocenters. The van der Waals surface area contributed by atoms with Crippen molar-refractivity contribution in [2.24, 2.45) is 0 Å². The summed E-state index contributed by atoms with van der Waals surface area (Å²) in [6.45, 7) is 6.37. The first-order chi connectivity index (χ1) is 14.1. The van der Waals surface area contributed by atoms with Crippen molar-refractivity contribution in [2.75, 3.05) is 0 Å². The Morgan fingerprint density at radius 1 is 0.517 bits per heavy atom. The quantitative estimate of drug-likeness (QED) is 0.345. The molecule has 0 bridgehead atoms. The summed E-state index contributed by atoms with van der Waals surface area (Å²) in [4.78, 5) is 13.7. The van der Waals surface area contributed by atoms with Crippen molar-refractivity contribution in [2.45, 2.75) is 20.8 Å². The van der Waals surface area contributed by atoms with Crippen molar-refractivity contribution in [3.05, 3.63) is 119 Å². The second kappa shape index (κ2) is 7.89. The van der Waals surface area contributed by atoms with E-state index < -0.39 is 0 Å². The fourth-order valence-corrected chi connectivity index (χ4v) is 4.18. The highest BCUT2D eigenvalue weighted by atomic mass is 16.1. The van der Waals surface area contributed by atoms with Crippen LogP contribution in [-0.2, 0) is 0 Å². The fraction of sp³-hybridized carbons (Fsp3) is 0.107. The number of hydrogen-bond acceptors (Lipinski definition) is 1. The van der Waals surface area contributed by atoms with Gasteiger partial charge in [-0.3, -0.25) is 4.79 Å². The van der Waals surface area contributed by atoms with Gasteiger partial charge in [0.1, 0.15) is 0 Å². The van der Waals surface area contributed by atoms with Gasteiger partial charge in [0.25, 0.3) is 0 Å². The lowest BCUT2D eigenvalue weighted by molar-refractivity contribution is 0.103. The van der Waals surface area contributed by atoms with Crippen LogP contribution in [0.15, 0.2) is 91.0 Å². The normalized spacial score (nSPS) is 10.7. The van der Waals surface area contributed by atoms with Gasteiger partial charge in [-0.1, -0.05) is 91.0 Å². The maximum absolute atomic E-state index is 13.7. The molecule has 0 radical (unpaired) electrons. The highest BCUT2D eigenvalue weighted by Gasteiger charge is 2.24. The second-order valence-electron chi connectivity index (χ2n) is 7.43. The third-order valence-electron chi connectivity index (χ3n) is 5.70. The van der Waals surface area contributed by atoms with Gasteiger partial charge in [-0.25, -0.2) is 0 Å². The van der Waals surface area contributed by atoms with Gasteiger partial charge in [0, 0.05) is 11.1 Å². The zero-order valence-corrected chi connectivity index (χ0v) is 17.1. The van der Waals surface area contributed by atoms with Gasteiger partial charge in [-0.2, -0.15) is 0 Å². The van der Waals surface area contributed by atoms with Crippen molar-refractivity contribution in [3.8, 4) is 22.3 Å². The molecule has 0 saturated carbocycles. The van der Waals surface area contributed by atoms with E-state index in [0.29, 0.717) is 0 Å². The molecule has 0 spiro atoms. The smallest absolute Gasteiger partial charge is 0.193 e. The van der Waals surface area contributed by atoms with Crippen LogP contribution < -0.4 is 0 Å². The van der Waals surface area contributed by atoms with Crippen LogP contribution in [-0.4, -0.2) is 5.78 Å². The molecule has 0 amide bonds. The van der Waals surface area contributed by atoms with Crippen molar-refractivity contribution < 1.29 is 4.79 Å². The molecule has 0 aliphatic carbocycles. The van der Waals surface area contributed by atoms with E-state index in [4.69, 9.17) is 0 Å². The summed E-state index contributed by atoms with van der Waals surface area (Å²) in [6, 6.07) is 30.2. The van der Waals surface area contributed by atoms with Gasteiger partial charge in [0.2, 0.25) is 0 Å². The van der Waals surface area contributed by atoms with Gasteiger partial charge >= 0.3 is 0 Å². The van der Waals surface area contributed by atoms with Gasteiger partial charge < -0.3 is 0 Å². The lowest BCUT2D eigenvalue weighted by Gasteiger charge is -2.22. The molecule has 29 heavy (non-hydrogen) atoms. The Hall–Kier alpha value is -3.45.